The molecule has 4 aliphatic heterocycles. The number of carbonyl (C=O) groups is 2. The first-order chi connectivity index (χ1) is 8.65. The zero-order valence-corrected chi connectivity index (χ0v) is 9.57. The van der Waals surface area contributed by atoms with Crippen molar-refractivity contribution in [3.8, 4) is 0 Å². The maximum Gasteiger partial charge on any atom is 0.232 e. The highest BCUT2D eigenvalue weighted by atomic mass is 16.6. The molecule has 3 fully saturated rings. The van der Waals surface area contributed by atoms with Gasteiger partial charge in [0.05, 0.1) is 18.6 Å². The second-order valence-electron chi connectivity index (χ2n) is 5.23. The number of carbonyl (C=O) groups excluding carboxylic acids is 2. The zero-order chi connectivity index (χ0) is 12.5. The second kappa shape index (κ2) is 3.13. The molecule has 3 saturated heterocycles. The number of rotatable bonds is 1. The molecule has 4 heterocycles. The van der Waals surface area contributed by atoms with E-state index in [9.17, 15) is 14.7 Å². The van der Waals surface area contributed by atoms with Crippen molar-refractivity contribution in [3.05, 3.63) is 12.2 Å². The van der Waals surface area contributed by atoms with Crippen molar-refractivity contribution in [2.75, 3.05) is 13.2 Å². The van der Waals surface area contributed by atoms with Crippen LogP contribution in [0.5, 0.6) is 0 Å². The number of hydrogen-bond donors (Lipinski definition) is 0. The summed E-state index contributed by atoms with van der Waals surface area (Å²) < 4.78 is 11.4. The van der Waals surface area contributed by atoms with E-state index in [-0.39, 0.29) is 5.91 Å². The van der Waals surface area contributed by atoms with E-state index in [1.54, 1.807) is 17.1 Å². The average Bonchev–Trinajstić information content (AvgIpc) is 2.99. The topological polar surface area (TPSA) is 78.9 Å². The van der Waals surface area contributed by atoms with Crippen molar-refractivity contribution in [2.24, 2.45) is 11.8 Å². The Morgan fingerprint density at radius 3 is 3.17 bits per heavy atom. The molecular weight excluding hydrogens is 238 g/mol. The molecule has 0 N–H and O–H groups in total. The molecule has 0 saturated carbocycles. The maximum atomic E-state index is 12.4. The largest absolute Gasteiger partial charge is 0.550 e. The molecule has 0 aliphatic carbocycles. The number of carboxylic acid groups (broad SMARTS) is 1. The van der Waals surface area contributed by atoms with Gasteiger partial charge in [0, 0.05) is 18.4 Å². The number of hydrogen-bond acceptors (Lipinski definition) is 5. The first-order valence-corrected chi connectivity index (χ1v) is 6.15. The lowest BCUT2D eigenvalue weighted by Gasteiger charge is -2.36. The van der Waals surface area contributed by atoms with Gasteiger partial charge in [-0.3, -0.25) is 4.79 Å². The van der Waals surface area contributed by atoms with Crippen molar-refractivity contribution >= 4 is 11.9 Å². The fourth-order valence-corrected chi connectivity index (χ4v) is 3.73. The van der Waals surface area contributed by atoms with Crippen molar-refractivity contribution in [1.29, 1.82) is 0 Å². The smallest absolute Gasteiger partial charge is 0.232 e. The average molecular weight is 250 g/mol. The normalized spacial score (nSPS) is 48.4. The summed E-state index contributed by atoms with van der Waals surface area (Å²) in [6, 6.07) is 0. The highest BCUT2D eigenvalue weighted by molar-refractivity contribution is 5.90. The molecule has 6 nitrogen and oxygen atoms in total. The lowest BCUT2D eigenvalue weighted by atomic mass is 9.76. The van der Waals surface area contributed by atoms with E-state index in [1.807, 2.05) is 0 Å². The van der Waals surface area contributed by atoms with Gasteiger partial charge in [0.2, 0.25) is 5.91 Å². The van der Waals surface area contributed by atoms with Crippen LogP contribution in [0.2, 0.25) is 0 Å². The van der Waals surface area contributed by atoms with Gasteiger partial charge in [-0.2, -0.15) is 0 Å². The SMILES string of the molecule is O=C([O-])[C@H]1[C@H]2C=C[C@]3(O2)[C@H]1C(=O)N1CCCO[C@@H]13. The van der Waals surface area contributed by atoms with Gasteiger partial charge >= 0.3 is 0 Å². The van der Waals surface area contributed by atoms with Crippen LogP contribution < -0.4 is 5.11 Å². The zero-order valence-electron chi connectivity index (χ0n) is 9.57. The summed E-state index contributed by atoms with van der Waals surface area (Å²) in [5, 5.41) is 11.2. The van der Waals surface area contributed by atoms with Gasteiger partial charge in [0.1, 0.15) is 5.60 Å². The van der Waals surface area contributed by atoms with Gasteiger partial charge in [0.15, 0.2) is 6.23 Å². The fourth-order valence-electron chi connectivity index (χ4n) is 3.73. The minimum absolute atomic E-state index is 0.180. The van der Waals surface area contributed by atoms with Crippen molar-refractivity contribution in [3.63, 3.8) is 0 Å². The van der Waals surface area contributed by atoms with E-state index in [0.29, 0.717) is 13.2 Å². The fraction of sp³-hybridized carbons (Fsp3) is 0.667. The quantitative estimate of drug-likeness (QED) is 0.516. The number of fused-ring (bicyclic) bond motifs is 2. The first kappa shape index (κ1) is 10.5. The summed E-state index contributed by atoms with van der Waals surface area (Å²) >= 11 is 0. The molecule has 5 atom stereocenters. The van der Waals surface area contributed by atoms with E-state index in [0.717, 1.165) is 6.42 Å². The molecule has 4 aliphatic rings. The Morgan fingerprint density at radius 2 is 2.39 bits per heavy atom. The van der Waals surface area contributed by atoms with Gasteiger partial charge in [0.25, 0.3) is 0 Å². The highest BCUT2D eigenvalue weighted by Crippen LogP contribution is 2.55. The Hall–Kier alpha value is -1.40. The Kier molecular flexibility index (Phi) is 1.83. The number of aliphatic carboxylic acids is 1. The Balaban J connectivity index is 1.82. The summed E-state index contributed by atoms with van der Waals surface area (Å²) in [7, 11) is 0. The molecule has 1 spiro atoms. The van der Waals surface area contributed by atoms with Gasteiger partial charge < -0.3 is 24.3 Å². The van der Waals surface area contributed by atoms with Crippen LogP contribution in [0.25, 0.3) is 0 Å². The van der Waals surface area contributed by atoms with E-state index in [2.05, 4.69) is 0 Å². The molecule has 2 bridgehead atoms. The molecular formula is C12H12NO5-. The third-order valence-corrected chi connectivity index (χ3v) is 4.40. The third-order valence-electron chi connectivity index (χ3n) is 4.40. The number of nitrogens with zero attached hydrogens (tertiary/aromatic N) is 1. The van der Waals surface area contributed by atoms with E-state index in [4.69, 9.17) is 9.47 Å². The lowest BCUT2D eigenvalue weighted by molar-refractivity contribution is -0.313. The summed E-state index contributed by atoms with van der Waals surface area (Å²) in [5.74, 6) is -2.98. The summed E-state index contributed by atoms with van der Waals surface area (Å²) in [6.07, 6.45) is 3.25. The molecule has 96 valence electrons. The van der Waals surface area contributed by atoms with E-state index < -0.39 is 35.7 Å². The Bertz CT molecular complexity index is 475. The Morgan fingerprint density at radius 1 is 1.56 bits per heavy atom. The molecule has 4 rings (SSSR count). The minimum Gasteiger partial charge on any atom is -0.550 e. The van der Waals surface area contributed by atoms with Crippen LogP contribution in [0.3, 0.4) is 0 Å². The number of carboxylic acids is 1. The number of ether oxygens (including phenoxy) is 2. The van der Waals surface area contributed by atoms with Crippen LogP contribution in [-0.4, -0.2) is 47.9 Å². The van der Waals surface area contributed by atoms with Crippen molar-refractivity contribution in [2.45, 2.75) is 24.4 Å². The summed E-state index contributed by atoms with van der Waals surface area (Å²) in [5.41, 5.74) is -0.910. The molecule has 1 amide bonds. The molecule has 0 aromatic heterocycles. The van der Waals surface area contributed by atoms with E-state index in [1.165, 1.54) is 0 Å². The molecule has 6 heteroatoms. The van der Waals surface area contributed by atoms with Crippen LogP contribution in [0, 0.1) is 11.8 Å². The predicted octanol–water partition coefficient (Wildman–Crippen LogP) is -1.74. The first-order valence-electron chi connectivity index (χ1n) is 6.15. The minimum atomic E-state index is -1.22. The molecule has 0 aromatic carbocycles. The number of amides is 1. The highest BCUT2D eigenvalue weighted by Gasteiger charge is 2.70. The lowest BCUT2D eigenvalue weighted by Crippen LogP contribution is -2.50. The third kappa shape index (κ3) is 0.976. The van der Waals surface area contributed by atoms with Gasteiger partial charge in [-0.25, -0.2) is 0 Å². The van der Waals surface area contributed by atoms with Crippen molar-refractivity contribution < 1.29 is 24.2 Å². The van der Waals surface area contributed by atoms with E-state index >= 15 is 0 Å². The van der Waals surface area contributed by atoms with Crippen LogP contribution >= 0.6 is 0 Å². The Labute approximate surface area is 103 Å². The summed E-state index contributed by atoms with van der Waals surface area (Å²) in [6.45, 7) is 1.17. The summed E-state index contributed by atoms with van der Waals surface area (Å²) in [4.78, 5) is 25.2. The van der Waals surface area contributed by atoms with Crippen LogP contribution in [0.15, 0.2) is 12.2 Å². The monoisotopic (exact) mass is 250 g/mol. The van der Waals surface area contributed by atoms with Crippen molar-refractivity contribution in [1.82, 2.24) is 4.90 Å². The van der Waals surface area contributed by atoms with Gasteiger partial charge in [-0.05, 0) is 12.5 Å². The standard InChI is InChI=1S/C12H13NO5/c14-9-8-7(10(15)16)6-2-3-12(8,18-6)11-13(9)4-1-5-17-11/h2-3,6-8,11H,1,4-5H2,(H,15,16)/p-1/t6-,7+,8-,11-,12+/m1/s1. The van der Waals surface area contributed by atoms with Gasteiger partial charge in [-0.1, -0.05) is 6.08 Å². The van der Waals surface area contributed by atoms with Gasteiger partial charge in [-0.15, -0.1) is 0 Å². The van der Waals surface area contributed by atoms with Crippen LogP contribution in [0.1, 0.15) is 6.42 Å². The molecule has 18 heavy (non-hydrogen) atoms. The molecule has 0 unspecified atom stereocenters. The second-order valence-corrected chi connectivity index (χ2v) is 5.23. The predicted molar refractivity (Wildman–Crippen MR) is 54.8 cm³/mol. The molecule has 0 aromatic rings. The van der Waals surface area contributed by atoms with Crippen LogP contribution in [0.4, 0.5) is 0 Å². The molecule has 0 radical (unpaired) electrons. The van der Waals surface area contributed by atoms with Crippen LogP contribution in [-0.2, 0) is 19.1 Å². The maximum absolute atomic E-state index is 12.4.